The van der Waals surface area contributed by atoms with Gasteiger partial charge < -0.3 is 19.9 Å². The fourth-order valence-corrected chi connectivity index (χ4v) is 5.70. The first-order chi connectivity index (χ1) is 14.5. The van der Waals surface area contributed by atoms with Crippen molar-refractivity contribution >= 4 is 22.0 Å². The second kappa shape index (κ2) is 7.55. The van der Waals surface area contributed by atoms with Crippen LogP contribution in [0.3, 0.4) is 0 Å². The molecule has 3 heterocycles. The molecule has 4 rings (SSSR count). The van der Waals surface area contributed by atoms with Crippen molar-refractivity contribution in [1.82, 2.24) is 19.4 Å². The van der Waals surface area contributed by atoms with E-state index < -0.39 is 27.0 Å². The highest BCUT2D eigenvalue weighted by molar-refractivity contribution is 7.89. The number of benzene rings is 1. The van der Waals surface area contributed by atoms with E-state index in [1.54, 1.807) is 4.90 Å². The number of amides is 3. The third kappa shape index (κ3) is 4.28. The molecule has 1 spiro atoms. The zero-order valence-corrected chi connectivity index (χ0v) is 17.2. The highest BCUT2D eigenvalue weighted by Crippen LogP contribution is 2.33. The van der Waals surface area contributed by atoms with E-state index in [0.29, 0.717) is 25.9 Å². The van der Waals surface area contributed by atoms with Gasteiger partial charge in [-0.3, -0.25) is 4.79 Å². The summed E-state index contributed by atoms with van der Waals surface area (Å²) < 4.78 is 68.6. The summed E-state index contributed by atoms with van der Waals surface area (Å²) in [6.07, 6.45) is -3.90. The van der Waals surface area contributed by atoms with Gasteiger partial charge >= 0.3 is 12.4 Å². The topological polar surface area (TPSA) is 99.3 Å². The summed E-state index contributed by atoms with van der Waals surface area (Å²) in [5.74, 6) is -0.821. The van der Waals surface area contributed by atoms with Crippen molar-refractivity contribution in [2.75, 3.05) is 39.3 Å². The zero-order valence-electron chi connectivity index (χ0n) is 16.4. The lowest BCUT2D eigenvalue weighted by Gasteiger charge is -2.49. The number of piperazine rings is 1. The minimum atomic E-state index is -5.02. The number of rotatable bonds is 3. The number of likely N-dealkylation sites (tertiary alicyclic amines) is 1. The molecule has 1 N–H and O–H groups in total. The number of nitrogens with one attached hydrogen (secondary N) is 1. The lowest BCUT2D eigenvalue weighted by atomic mass is 9.88. The number of carbonyl (C=O) groups is 2. The molecule has 0 unspecified atom stereocenters. The monoisotopic (exact) mass is 462 g/mol. The largest absolute Gasteiger partial charge is 0.573 e. The molecule has 31 heavy (non-hydrogen) atoms. The van der Waals surface area contributed by atoms with Crippen molar-refractivity contribution in [3.8, 4) is 5.75 Å². The summed E-state index contributed by atoms with van der Waals surface area (Å²) in [6.45, 7) is 0.942. The first kappa shape index (κ1) is 21.7. The number of para-hydroxylation sites is 1. The molecule has 1 aromatic rings. The van der Waals surface area contributed by atoms with Crippen molar-refractivity contribution in [3.63, 3.8) is 0 Å². The van der Waals surface area contributed by atoms with Crippen molar-refractivity contribution in [2.24, 2.45) is 0 Å². The number of halogens is 3. The van der Waals surface area contributed by atoms with Gasteiger partial charge in [-0.25, -0.2) is 13.2 Å². The molecule has 0 aliphatic carbocycles. The van der Waals surface area contributed by atoms with Gasteiger partial charge in [0.2, 0.25) is 15.9 Å². The van der Waals surface area contributed by atoms with E-state index in [1.807, 2.05) is 0 Å². The second-order valence-electron chi connectivity index (χ2n) is 7.85. The molecule has 170 valence electrons. The molecule has 3 saturated heterocycles. The summed E-state index contributed by atoms with van der Waals surface area (Å²) in [5.41, 5.74) is -0.347. The smallest absolute Gasteiger partial charge is 0.404 e. The maximum Gasteiger partial charge on any atom is 0.573 e. The molecule has 13 heteroatoms. The van der Waals surface area contributed by atoms with E-state index in [1.165, 1.54) is 17.0 Å². The zero-order chi connectivity index (χ0) is 22.4. The third-order valence-electron chi connectivity index (χ3n) is 5.69. The van der Waals surface area contributed by atoms with Gasteiger partial charge in [-0.05, 0) is 18.6 Å². The van der Waals surface area contributed by atoms with Gasteiger partial charge in [0.25, 0.3) is 0 Å². The van der Waals surface area contributed by atoms with Crippen LogP contribution in [0.4, 0.5) is 18.0 Å². The molecule has 0 radical (unpaired) electrons. The Kier molecular flexibility index (Phi) is 5.28. The van der Waals surface area contributed by atoms with E-state index in [0.717, 1.165) is 16.4 Å². The van der Waals surface area contributed by atoms with Crippen molar-refractivity contribution < 1.29 is 35.9 Å². The van der Waals surface area contributed by atoms with Crippen LogP contribution in [0.1, 0.15) is 12.8 Å². The van der Waals surface area contributed by atoms with Gasteiger partial charge in [0.05, 0.1) is 5.54 Å². The van der Waals surface area contributed by atoms with Gasteiger partial charge in [-0.15, -0.1) is 13.2 Å². The molecular weight excluding hydrogens is 441 g/mol. The van der Waals surface area contributed by atoms with Crippen LogP contribution in [0, 0.1) is 0 Å². The van der Waals surface area contributed by atoms with Crippen LogP contribution in [0.15, 0.2) is 29.2 Å². The molecule has 0 atom stereocenters. The van der Waals surface area contributed by atoms with Crippen LogP contribution >= 0.6 is 0 Å². The molecule has 3 fully saturated rings. The van der Waals surface area contributed by atoms with Gasteiger partial charge in [0.1, 0.15) is 10.6 Å². The Hall–Kier alpha value is -2.54. The maximum atomic E-state index is 12.9. The lowest BCUT2D eigenvalue weighted by Crippen LogP contribution is -2.70. The van der Waals surface area contributed by atoms with Gasteiger partial charge in [-0.2, -0.15) is 4.31 Å². The summed E-state index contributed by atoms with van der Waals surface area (Å²) in [7, 11) is -4.24. The highest BCUT2D eigenvalue weighted by atomic mass is 32.2. The van der Waals surface area contributed by atoms with Crippen molar-refractivity contribution in [3.05, 3.63) is 24.3 Å². The predicted molar refractivity (Wildman–Crippen MR) is 101 cm³/mol. The molecule has 3 aliphatic heterocycles. The number of hydrogen-bond donors (Lipinski definition) is 1. The molecular formula is C18H21F3N4O5S. The maximum absolute atomic E-state index is 12.9. The van der Waals surface area contributed by atoms with Crippen LogP contribution in [0.2, 0.25) is 0 Å². The number of carbonyl (C=O) groups excluding carboxylic acids is 2. The van der Waals surface area contributed by atoms with Crippen LogP contribution in [-0.4, -0.2) is 85.6 Å². The van der Waals surface area contributed by atoms with Gasteiger partial charge in [0, 0.05) is 45.7 Å². The third-order valence-corrected chi connectivity index (χ3v) is 7.63. The quantitative estimate of drug-likeness (QED) is 0.722. The van der Waals surface area contributed by atoms with Gasteiger partial charge in [0.15, 0.2) is 0 Å². The van der Waals surface area contributed by atoms with Crippen LogP contribution in [-0.2, 0) is 14.8 Å². The number of alkyl halides is 3. The minimum Gasteiger partial charge on any atom is -0.404 e. The Morgan fingerprint density at radius 3 is 2.29 bits per heavy atom. The van der Waals surface area contributed by atoms with Crippen LogP contribution < -0.4 is 10.1 Å². The number of ether oxygens (including phenoxy) is 1. The average Bonchev–Trinajstić information content (AvgIpc) is 3.08. The fourth-order valence-electron chi connectivity index (χ4n) is 4.16. The van der Waals surface area contributed by atoms with E-state index in [4.69, 9.17) is 0 Å². The first-order valence-electron chi connectivity index (χ1n) is 9.69. The van der Waals surface area contributed by atoms with Gasteiger partial charge in [-0.1, -0.05) is 12.1 Å². The molecule has 0 saturated carbocycles. The number of hydrogen-bond acceptors (Lipinski definition) is 5. The number of nitrogens with zero attached hydrogens (tertiary/aromatic N) is 3. The summed E-state index contributed by atoms with van der Waals surface area (Å²) >= 11 is 0. The standard InChI is InChI=1S/C18H21F3N4O5S/c19-18(20,21)30-13-3-1-2-4-14(13)31(28,29)25-9-7-23(8-10-25)16(27)24-11-17(12-24)6-5-15(26)22-17/h1-4H,5-12H2,(H,22,26). The molecule has 0 bridgehead atoms. The Morgan fingerprint density at radius 1 is 1.06 bits per heavy atom. The molecule has 3 aliphatic rings. The number of urea groups is 1. The molecule has 3 amide bonds. The molecule has 9 nitrogen and oxygen atoms in total. The summed E-state index contributed by atoms with van der Waals surface area (Å²) in [6, 6.07) is 4.33. The Morgan fingerprint density at radius 2 is 1.71 bits per heavy atom. The van der Waals surface area contributed by atoms with Crippen LogP contribution in [0.5, 0.6) is 5.75 Å². The minimum absolute atomic E-state index is 0.0271. The molecule has 0 aromatic heterocycles. The highest BCUT2D eigenvalue weighted by Gasteiger charge is 2.50. The van der Waals surface area contributed by atoms with E-state index in [2.05, 4.69) is 10.1 Å². The predicted octanol–water partition coefficient (Wildman–Crippen LogP) is 0.976. The van der Waals surface area contributed by atoms with Crippen molar-refractivity contribution in [1.29, 1.82) is 0 Å². The van der Waals surface area contributed by atoms with E-state index in [9.17, 15) is 31.2 Å². The second-order valence-corrected chi connectivity index (χ2v) is 9.76. The number of sulfonamides is 1. The first-order valence-corrected chi connectivity index (χ1v) is 11.1. The Bertz CT molecular complexity index is 986. The SMILES string of the molecule is O=C1CCC2(CN(C(=O)N3CCN(S(=O)(=O)c4ccccc4OC(F)(F)F)CC3)C2)N1. The lowest BCUT2D eigenvalue weighted by molar-refractivity contribution is -0.275. The summed E-state index contributed by atoms with van der Waals surface area (Å²) in [4.78, 5) is 26.6. The van der Waals surface area contributed by atoms with E-state index in [-0.39, 0.29) is 43.7 Å². The van der Waals surface area contributed by atoms with Crippen LogP contribution in [0.25, 0.3) is 0 Å². The van der Waals surface area contributed by atoms with E-state index >= 15 is 0 Å². The average molecular weight is 462 g/mol. The molecule has 1 aromatic carbocycles. The normalized spacial score (nSPS) is 21.7. The Labute approximate surface area is 176 Å². The van der Waals surface area contributed by atoms with Crippen molar-refractivity contribution in [2.45, 2.75) is 29.6 Å². The Balaban J connectivity index is 1.38. The fraction of sp³-hybridized carbons (Fsp3) is 0.556. The summed E-state index contributed by atoms with van der Waals surface area (Å²) in [5, 5.41) is 2.89.